The summed E-state index contributed by atoms with van der Waals surface area (Å²) >= 11 is 6.11. The second-order valence-electron chi connectivity index (χ2n) is 8.92. The Labute approximate surface area is 183 Å². The zero-order valence-corrected chi connectivity index (χ0v) is 17.7. The molecule has 0 radical (unpaired) electrons. The maximum Gasteiger partial charge on any atom is 0.285 e. The Kier molecular flexibility index (Phi) is 5.03. The lowest BCUT2D eigenvalue weighted by molar-refractivity contribution is -0.168. The number of pyridine rings is 1. The molecule has 2 aromatic heterocycles. The molecule has 1 saturated carbocycles. The smallest absolute Gasteiger partial charge is 0.285 e. The second-order valence-corrected chi connectivity index (χ2v) is 9.30. The lowest BCUT2D eigenvalue weighted by Crippen LogP contribution is -2.52. The van der Waals surface area contributed by atoms with Gasteiger partial charge in [-0.05, 0) is 24.3 Å². The molecule has 10 heteroatoms. The van der Waals surface area contributed by atoms with Crippen molar-refractivity contribution in [3.63, 3.8) is 0 Å². The van der Waals surface area contributed by atoms with Gasteiger partial charge in [0.05, 0.1) is 18.4 Å². The molecule has 166 valence electrons. The highest BCUT2D eigenvalue weighted by molar-refractivity contribution is 6.33. The van der Waals surface area contributed by atoms with E-state index in [0.29, 0.717) is 24.7 Å². The number of hydrogen-bond donors (Lipinski definition) is 1. The summed E-state index contributed by atoms with van der Waals surface area (Å²) in [6.45, 7) is 2.82. The molecule has 1 spiro atoms. The van der Waals surface area contributed by atoms with Crippen LogP contribution in [0.5, 0.6) is 5.88 Å². The van der Waals surface area contributed by atoms with E-state index in [1.54, 1.807) is 12.4 Å². The fraction of sp³-hybridized carbons (Fsp3) is 0.571. The van der Waals surface area contributed by atoms with E-state index < -0.39 is 11.5 Å². The zero-order chi connectivity index (χ0) is 21.6. The number of piperidine rings is 1. The molecule has 2 saturated heterocycles. The summed E-state index contributed by atoms with van der Waals surface area (Å²) in [5, 5.41) is 6.28. The third kappa shape index (κ3) is 4.07. The number of aromatic nitrogens is 3. The number of alkyl halides is 2. The number of hydrogen-bond acceptors (Lipinski definition) is 6. The van der Waals surface area contributed by atoms with Crippen molar-refractivity contribution < 1.29 is 13.5 Å². The Morgan fingerprint density at radius 2 is 1.97 bits per heavy atom. The Hall–Kier alpha value is -2.42. The number of aromatic amines is 1. The number of rotatable bonds is 4. The van der Waals surface area contributed by atoms with Gasteiger partial charge in [-0.3, -0.25) is 4.79 Å². The van der Waals surface area contributed by atoms with E-state index in [2.05, 4.69) is 20.1 Å². The van der Waals surface area contributed by atoms with Crippen LogP contribution in [0.4, 0.5) is 20.2 Å². The molecule has 0 bridgehead atoms. The van der Waals surface area contributed by atoms with Crippen LogP contribution < -0.4 is 20.1 Å². The lowest BCUT2D eigenvalue weighted by atomic mass is 9.61. The van der Waals surface area contributed by atoms with E-state index in [4.69, 9.17) is 16.3 Å². The minimum atomic E-state index is -2.47. The normalized spacial score (nSPS) is 24.3. The highest BCUT2D eigenvalue weighted by Crippen LogP contribution is 2.57. The molecule has 4 heterocycles. The third-order valence-corrected chi connectivity index (χ3v) is 7.09. The quantitative estimate of drug-likeness (QED) is 0.767. The van der Waals surface area contributed by atoms with Gasteiger partial charge >= 0.3 is 0 Å². The molecule has 3 fully saturated rings. The average molecular weight is 452 g/mol. The average Bonchev–Trinajstić information content (AvgIpc) is 3.17. The van der Waals surface area contributed by atoms with E-state index >= 15 is 0 Å². The van der Waals surface area contributed by atoms with Crippen LogP contribution >= 0.6 is 11.6 Å². The first kappa shape index (κ1) is 20.5. The van der Waals surface area contributed by atoms with Crippen LogP contribution in [0, 0.1) is 5.41 Å². The number of H-pyrrole nitrogens is 1. The van der Waals surface area contributed by atoms with Gasteiger partial charge in [-0.25, -0.2) is 18.9 Å². The molecule has 0 unspecified atom stereocenters. The van der Waals surface area contributed by atoms with Crippen molar-refractivity contribution >= 4 is 23.0 Å². The minimum absolute atomic E-state index is 0.0313. The molecule has 7 nitrogen and oxygen atoms in total. The van der Waals surface area contributed by atoms with Crippen LogP contribution in [0.15, 0.2) is 29.3 Å². The first-order valence-electron chi connectivity index (χ1n) is 10.6. The molecular formula is C21H24ClF2N5O2. The first-order chi connectivity index (χ1) is 14.8. The lowest BCUT2D eigenvalue weighted by Gasteiger charge is -2.52. The fourth-order valence-corrected chi connectivity index (χ4v) is 5.32. The van der Waals surface area contributed by atoms with Crippen LogP contribution in [0.2, 0.25) is 5.02 Å². The van der Waals surface area contributed by atoms with Crippen LogP contribution in [-0.2, 0) is 0 Å². The number of ether oxygens (including phenoxy) is 1. The number of nitrogens with zero attached hydrogens (tertiary/aromatic N) is 4. The molecule has 0 amide bonds. The molecule has 0 aromatic carbocycles. The van der Waals surface area contributed by atoms with E-state index in [1.807, 2.05) is 17.0 Å². The highest BCUT2D eigenvalue weighted by Gasteiger charge is 2.56. The number of anilines is 2. The molecule has 2 aromatic rings. The van der Waals surface area contributed by atoms with Crippen molar-refractivity contribution in [3.8, 4) is 5.88 Å². The topological polar surface area (TPSA) is 74.3 Å². The highest BCUT2D eigenvalue weighted by atomic mass is 35.5. The summed E-state index contributed by atoms with van der Waals surface area (Å²) in [5.41, 5.74) is 1.02. The maximum atomic E-state index is 13.3. The Balaban J connectivity index is 1.20. The van der Waals surface area contributed by atoms with Gasteiger partial charge in [0.1, 0.15) is 11.1 Å². The molecule has 5 rings (SSSR count). The second kappa shape index (κ2) is 7.62. The summed E-state index contributed by atoms with van der Waals surface area (Å²) in [7, 11) is 0. The van der Waals surface area contributed by atoms with Gasteiger partial charge < -0.3 is 14.5 Å². The molecular weight excluding hydrogens is 428 g/mol. The zero-order valence-electron chi connectivity index (χ0n) is 17.0. The summed E-state index contributed by atoms with van der Waals surface area (Å²) in [6.07, 6.45) is 5.61. The van der Waals surface area contributed by atoms with Gasteiger partial charge in [-0.15, -0.1) is 0 Å². The Morgan fingerprint density at radius 1 is 1.19 bits per heavy atom. The largest absolute Gasteiger partial charge is 0.472 e. The summed E-state index contributed by atoms with van der Waals surface area (Å²) in [6, 6.07) is 3.85. The van der Waals surface area contributed by atoms with Gasteiger partial charge in [0.15, 0.2) is 0 Å². The van der Waals surface area contributed by atoms with Gasteiger partial charge in [-0.1, -0.05) is 11.6 Å². The van der Waals surface area contributed by atoms with Crippen LogP contribution in [-0.4, -0.2) is 53.4 Å². The monoisotopic (exact) mass is 451 g/mol. The standard InChI is InChI=1S/C21H24ClF2N5O2/c22-18-16(10-26-27-19(18)30)29-6-2-15(11-29)31-17-9-14(1-5-25-17)28-7-3-20(4-8-28)12-21(23,24)13-20/h1,5,9-10,15H,2-4,6-8,11-13H2,(H,27,30)/t15-/m1/s1. The maximum absolute atomic E-state index is 13.3. The van der Waals surface area contributed by atoms with Gasteiger partial charge in [0, 0.05) is 56.8 Å². The molecule has 1 atom stereocenters. The van der Waals surface area contributed by atoms with Gasteiger partial charge in [0.2, 0.25) is 11.8 Å². The van der Waals surface area contributed by atoms with Crippen LogP contribution in [0.3, 0.4) is 0 Å². The van der Waals surface area contributed by atoms with Crippen molar-refractivity contribution in [2.75, 3.05) is 36.0 Å². The Morgan fingerprint density at radius 3 is 2.71 bits per heavy atom. The van der Waals surface area contributed by atoms with Gasteiger partial charge in [-0.2, -0.15) is 5.10 Å². The van der Waals surface area contributed by atoms with E-state index in [-0.39, 0.29) is 29.4 Å². The summed E-state index contributed by atoms with van der Waals surface area (Å²) in [5.74, 6) is -1.93. The van der Waals surface area contributed by atoms with Crippen molar-refractivity contribution in [1.82, 2.24) is 15.2 Å². The van der Waals surface area contributed by atoms with E-state index in [1.165, 1.54) is 0 Å². The molecule has 31 heavy (non-hydrogen) atoms. The summed E-state index contributed by atoms with van der Waals surface area (Å²) < 4.78 is 32.8. The first-order valence-corrected chi connectivity index (χ1v) is 10.9. The van der Waals surface area contributed by atoms with Crippen molar-refractivity contribution in [2.24, 2.45) is 5.41 Å². The number of halogens is 3. The van der Waals surface area contributed by atoms with E-state index in [9.17, 15) is 13.6 Å². The molecule has 3 aliphatic rings. The minimum Gasteiger partial charge on any atom is -0.472 e. The SMILES string of the molecule is O=c1[nH]ncc(N2CC[C@@H](Oc3cc(N4CCC5(CC4)CC(F)(F)C5)ccn3)C2)c1Cl. The predicted molar refractivity (Wildman–Crippen MR) is 113 cm³/mol. The number of nitrogens with one attached hydrogen (secondary N) is 1. The summed E-state index contributed by atoms with van der Waals surface area (Å²) in [4.78, 5) is 20.2. The molecule has 1 N–H and O–H groups in total. The molecule has 1 aliphatic carbocycles. The van der Waals surface area contributed by atoms with Crippen LogP contribution in [0.25, 0.3) is 0 Å². The fourth-order valence-electron chi connectivity index (χ4n) is 5.11. The molecule has 2 aliphatic heterocycles. The van der Waals surface area contributed by atoms with Crippen molar-refractivity contribution in [1.29, 1.82) is 0 Å². The van der Waals surface area contributed by atoms with Crippen molar-refractivity contribution in [2.45, 2.75) is 44.1 Å². The Bertz CT molecular complexity index is 1010. The van der Waals surface area contributed by atoms with Crippen LogP contribution in [0.1, 0.15) is 32.1 Å². The predicted octanol–water partition coefficient (Wildman–Crippen LogP) is 3.49. The third-order valence-electron chi connectivity index (χ3n) is 6.73. The van der Waals surface area contributed by atoms with E-state index in [0.717, 1.165) is 38.0 Å². The van der Waals surface area contributed by atoms with Crippen molar-refractivity contribution in [3.05, 3.63) is 39.9 Å². The van der Waals surface area contributed by atoms with Gasteiger partial charge in [0.25, 0.3) is 5.56 Å².